The van der Waals surface area contributed by atoms with E-state index in [1.54, 1.807) is 13.0 Å². The number of quaternary nitrogens is 1. The molecule has 3 unspecified atom stereocenters. The second-order valence-corrected chi connectivity index (χ2v) is 13.5. The molecule has 9 heteroatoms. The lowest BCUT2D eigenvalue weighted by Crippen LogP contribution is -2.45. The second kappa shape index (κ2) is 25.5. The van der Waals surface area contributed by atoms with Gasteiger partial charge in [0.05, 0.1) is 39.9 Å². The summed E-state index contributed by atoms with van der Waals surface area (Å²) in [6.45, 7) is 4.04. The molecule has 0 aromatic rings. The maximum absolute atomic E-state index is 12.1. The molecular weight excluding hydrogens is 539 g/mol. The topological polar surface area (TPSA) is 108 Å². The van der Waals surface area contributed by atoms with Crippen LogP contribution in [-0.4, -0.2) is 68.5 Å². The number of rotatable bonds is 28. The van der Waals surface area contributed by atoms with Crippen molar-refractivity contribution in [1.82, 2.24) is 5.32 Å². The van der Waals surface area contributed by atoms with Gasteiger partial charge in [0, 0.05) is 6.42 Å². The number of carbonyl (C=O) groups excluding carboxylic acids is 1. The minimum Gasteiger partial charge on any atom is -0.756 e. The summed E-state index contributed by atoms with van der Waals surface area (Å²) in [5.74, 6) is -0.297. The van der Waals surface area contributed by atoms with Gasteiger partial charge in [-0.1, -0.05) is 115 Å². The molecule has 0 aromatic heterocycles. The molecule has 0 aromatic carbocycles. The van der Waals surface area contributed by atoms with Crippen LogP contribution in [0.5, 0.6) is 0 Å². The van der Waals surface area contributed by atoms with Crippen molar-refractivity contribution in [3.8, 4) is 0 Å². The summed E-state index contributed by atoms with van der Waals surface area (Å²) in [7, 11) is 1.23. The molecule has 41 heavy (non-hydrogen) atoms. The van der Waals surface area contributed by atoms with Crippen molar-refractivity contribution in [3.05, 3.63) is 24.3 Å². The van der Waals surface area contributed by atoms with Gasteiger partial charge in [0.1, 0.15) is 13.2 Å². The average Bonchev–Trinajstić information content (AvgIpc) is 2.91. The zero-order valence-corrected chi connectivity index (χ0v) is 27.9. The lowest BCUT2D eigenvalue weighted by Gasteiger charge is -2.29. The zero-order valence-electron chi connectivity index (χ0n) is 27.0. The SMILES string of the molecule is CCCCCCCCCCCCCCC/C=C/CC/C=C/C(O)C(COP(=O)([O-])OCC[N+](C)(C)C)NC(=O)CC. The predicted octanol–water partition coefficient (Wildman–Crippen LogP) is 6.82. The minimum absolute atomic E-state index is 0.00834. The Morgan fingerprint density at radius 3 is 1.88 bits per heavy atom. The number of phosphoric acid groups is 1. The molecule has 2 N–H and O–H groups in total. The normalized spacial score (nSPS) is 15.4. The minimum atomic E-state index is -4.55. The standard InChI is InChI=1S/C32H63N2O6P/c1-6-8-9-10-11-12-13-14-15-16-17-18-19-20-21-22-23-24-25-26-31(35)30(33-32(36)7-2)29-40-41(37,38)39-28-27-34(3,4)5/h21-22,25-26,30-31,35H,6-20,23-24,27-29H2,1-5H3,(H-,33,36,37,38)/b22-21+,26-25+. The number of nitrogens with one attached hydrogen (secondary N) is 1. The Balaban J connectivity index is 4.09. The number of carbonyl (C=O) groups is 1. The Kier molecular flexibility index (Phi) is 24.8. The van der Waals surface area contributed by atoms with Gasteiger partial charge in [-0.05, 0) is 25.7 Å². The van der Waals surface area contributed by atoms with Crippen molar-refractivity contribution >= 4 is 13.7 Å². The van der Waals surface area contributed by atoms with Crippen LogP contribution in [0.15, 0.2) is 24.3 Å². The smallest absolute Gasteiger partial charge is 0.268 e. The highest BCUT2D eigenvalue weighted by atomic mass is 31.2. The second-order valence-electron chi connectivity index (χ2n) is 12.1. The van der Waals surface area contributed by atoms with Crippen LogP contribution in [0.1, 0.15) is 123 Å². The van der Waals surface area contributed by atoms with E-state index in [4.69, 9.17) is 9.05 Å². The van der Waals surface area contributed by atoms with Crippen LogP contribution in [-0.2, 0) is 18.4 Å². The molecule has 0 aliphatic rings. The van der Waals surface area contributed by atoms with Crippen LogP contribution in [0.4, 0.5) is 0 Å². The maximum atomic E-state index is 12.1. The lowest BCUT2D eigenvalue weighted by molar-refractivity contribution is -0.870. The first-order chi connectivity index (χ1) is 19.5. The summed E-state index contributed by atoms with van der Waals surface area (Å²) in [5, 5.41) is 13.2. The third kappa shape index (κ3) is 27.6. The first-order valence-corrected chi connectivity index (χ1v) is 17.7. The third-order valence-corrected chi connectivity index (χ3v) is 7.94. The number of phosphoric ester groups is 1. The van der Waals surface area contributed by atoms with E-state index in [1.165, 1.54) is 83.5 Å². The molecule has 0 bridgehead atoms. The summed E-state index contributed by atoms with van der Waals surface area (Å²) < 4.78 is 22.5. The van der Waals surface area contributed by atoms with Crippen molar-refractivity contribution in [2.75, 3.05) is 40.9 Å². The zero-order chi connectivity index (χ0) is 30.8. The van der Waals surface area contributed by atoms with Crippen LogP contribution >= 0.6 is 7.82 Å². The summed E-state index contributed by atoms with van der Waals surface area (Å²) in [5.41, 5.74) is 0. The highest BCUT2D eigenvalue weighted by Crippen LogP contribution is 2.38. The molecular formula is C32H63N2O6P. The van der Waals surface area contributed by atoms with Crippen LogP contribution in [0, 0.1) is 0 Å². The monoisotopic (exact) mass is 602 g/mol. The Morgan fingerprint density at radius 2 is 1.34 bits per heavy atom. The summed E-state index contributed by atoms with van der Waals surface area (Å²) in [6.07, 6.45) is 27.4. The molecule has 1 amide bonds. The maximum Gasteiger partial charge on any atom is 0.268 e. The van der Waals surface area contributed by atoms with E-state index in [2.05, 4.69) is 24.4 Å². The Bertz CT molecular complexity index is 738. The van der Waals surface area contributed by atoms with Crippen LogP contribution < -0.4 is 10.2 Å². The predicted molar refractivity (Wildman–Crippen MR) is 168 cm³/mol. The molecule has 3 atom stereocenters. The fourth-order valence-corrected chi connectivity index (χ4v) is 4.97. The average molecular weight is 603 g/mol. The van der Waals surface area contributed by atoms with Gasteiger partial charge >= 0.3 is 0 Å². The third-order valence-electron chi connectivity index (χ3n) is 6.98. The molecule has 242 valence electrons. The van der Waals surface area contributed by atoms with E-state index in [9.17, 15) is 19.4 Å². The van der Waals surface area contributed by atoms with Gasteiger partial charge in [0.2, 0.25) is 5.91 Å². The van der Waals surface area contributed by atoms with Gasteiger partial charge in [-0.3, -0.25) is 9.36 Å². The van der Waals surface area contributed by atoms with E-state index in [1.807, 2.05) is 27.2 Å². The van der Waals surface area contributed by atoms with Gasteiger partial charge in [-0.15, -0.1) is 0 Å². The first kappa shape index (κ1) is 40.0. The number of hydrogen-bond donors (Lipinski definition) is 2. The van der Waals surface area contributed by atoms with E-state index < -0.39 is 26.6 Å². The van der Waals surface area contributed by atoms with E-state index in [0.29, 0.717) is 11.0 Å². The quantitative estimate of drug-likeness (QED) is 0.0440. The largest absolute Gasteiger partial charge is 0.756 e. The fraction of sp³-hybridized carbons (Fsp3) is 0.844. The number of unbranched alkanes of at least 4 members (excludes halogenated alkanes) is 14. The van der Waals surface area contributed by atoms with Crippen LogP contribution in [0.3, 0.4) is 0 Å². The highest BCUT2D eigenvalue weighted by molar-refractivity contribution is 7.45. The van der Waals surface area contributed by atoms with Gasteiger partial charge < -0.3 is 28.8 Å². The van der Waals surface area contributed by atoms with E-state index >= 15 is 0 Å². The fourth-order valence-electron chi connectivity index (χ4n) is 4.25. The molecule has 0 saturated heterocycles. The van der Waals surface area contributed by atoms with Gasteiger partial charge in [0.15, 0.2) is 0 Å². The van der Waals surface area contributed by atoms with Crippen molar-refractivity contribution in [1.29, 1.82) is 0 Å². The number of hydrogen-bond acceptors (Lipinski definition) is 6. The number of likely N-dealkylation sites (N-methyl/N-ethyl adjacent to an activating group) is 1. The van der Waals surface area contributed by atoms with E-state index in [-0.39, 0.29) is 18.9 Å². The first-order valence-electron chi connectivity index (χ1n) is 16.2. The number of nitrogens with zero attached hydrogens (tertiary/aromatic N) is 1. The summed E-state index contributed by atoms with van der Waals surface area (Å²) >= 11 is 0. The van der Waals surface area contributed by atoms with Gasteiger partial charge in [-0.2, -0.15) is 0 Å². The molecule has 0 radical (unpaired) electrons. The van der Waals surface area contributed by atoms with Crippen LogP contribution in [0.25, 0.3) is 0 Å². The molecule has 0 rings (SSSR count). The van der Waals surface area contributed by atoms with Crippen molar-refractivity contribution in [3.63, 3.8) is 0 Å². The van der Waals surface area contributed by atoms with Gasteiger partial charge in [-0.25, -0.2) is 0 Å². The molecule has 0 aliphatic carbocycles. The Labute approximate surface area is 252 Å². The lowest BCUT2D eigenvalue weighted by atomic mass is 10.0. The molecule has 0 saturated carbocycles. The molecule has 8 nitrogen and oxygen atoms in total. The van der Waals surface area contributed by atoms with Crippen molar-refractivity contribution < 1.29 is 32.9 Å². The van der Waals surface area contributed by atoms with Crippen molar-refractivity contribution in [2.24, 2.45) is 0 Å². The highest BCUT2D eigenvalue weighted by Gasteiger charge is 2.22. The Hall–Kier alpha value is -1.02. The van der Waals surface area contributed by atoms with E-state index in [0.717, 1.165) is 19.3 Å². The van der Waals surface area contributed by atoms with Crippen LogP contribution in [0.2, 0.25) is 0 Å². The Morgan fingerprint density at radius 1 is 0.829 bits per heavy atom. The molecule has 0 fully saturated rings. The van der Waals surface area contributed by atoms with Gasteiger partial charge in [0.25, 0.3) is 7.82 Å². The summed E-state index contributed by atoms with van der Waals surface area (Å²) in [4.78, 5) is 24.0. The van der Waals surface area contributed by atoms with Crippen molar-refractivity contribution in [2.45, 2.75) is 135 Å². The summed E-state index contributed by atoms with van der Waals surface area (Å²) in [6, 6.07) is -0.894. The number of amides is 1. The number of aliphatic hydroxyl groups is 1. The number of aliphatic hydroxyl groups excluding tert-OH is 1. The molecule has 0 spiro atoms. The molecule has 0 aliphatic heterocycles. The number of allylic oxidation sites excluding steroid dienone is 3. The molecule has 0 heterocycles.